The largest absolute Gasteiger partial charge is 0.388 e. The lowest BCUT2D eigenvalue weighted by molar-refractivity contribution is 0.0246. The number of aliphatic hydroxyl groups is 1. The Morgan fingerprint density at radius 2 is 2.08 bits per heavy atom. The molecule has 130 valence electrons. The first-order valence-electron chi connectivity index (χ1n) is 8.27. The molecule has 3 rings (SSSR count). The van der Waals surface area contributed by atoms with Gasteiger partial charge in [-0.3, -0.25) is 9.48 Å². The molecule has 2 aromatic rings. The number of hydrogen-bond donors (Lipinski definition) is 2. The minimum atomic E-state index is -0.791. The molecule has 0 saturated heterocycles. The van der Waals surface area contributed by atoms with Gasteiger partial charge in [-0.2, -0.15) is 5.10 Å². The van der Waals surface area contributed by atoms with E-state index >= 15 is 0 Å². The second kappa shape index (κ2) is 7.25. The van der Waals surface area contributed by atoms with E-state index in [0.717, 1.165) is 43.4 Å². The third kappa shape index (κ3) is 3.99. The van der Waals surface area contributed by atoms with Gasteiger partial charge in [0.1, 0.15) is 5.69 Å². The number of carbonyl (C=O) groups is 1. The predicted octanol–water partition coefficient (Wildman–Crippen LogP) is 3.62. The molecule has 0 radical (unpaired) electrons. The van der Waals surface area contributed by atoms with Crippen LogP contribution in [0.1, 0.15) is 48.9 Å². The summed E-state index contributed by atoms with van der Waals surface area (Å²) in [6.07, 6.45) is 7.53. The molecule has 0 aliphatic heterocycles. The molecule has 1 aliphatic carbocycles. The molecule has 0 aromatic carbocycles. The van der Waals surface area contributed by atoms with Crippen LogP contribution in [0.3, 0.4) is 0 Å². The number of carbonyl (C=O) groups excluding carboxylic acids is 1. The van der Waals surface area contributed by atoms with Crippen LogP contribution >= 0.6 is 22.9 Å². The van der Waals surface area contributed by atoms with E-state index in [1.165, 1.54) is 11.3 Å². The van der Waals surface area contributed by atoms with E-state index in [1.807, 2.05) is 6.07 Å². The van der Waals surface area contributed by atoms with Gasteiger partial charge in [-0.15, -0.1) is 11.3 Å². The molecule has 7 heteroatoms. The molecular weight excluding hydrogens is 346 g/mol. The standard InChI is InChI=1S/C17H22ClN3O2S/c1-21-10-12(15(20-21)13-6-7-14(18)24-13)16(22)19-11-17(23)8-4-2-3-5-9-17/h6-7,10,23H,2-5,8-9,11H2,1H3,(H,19,22). The molecule has 1 saturated carbocycles. The van der Waals surface area contributed by atoms with Gasteiger partial charge in [-0.25, -0.2) is 0 Å². The Kier molecular flexibility index (Phi) is 5.27. The minimum absolute atomic E-state index is 0.208. The van der Waals surface area contributed by atoms with Gasteiger partial charge in [-0.05, 0) is 25.0 Å². The fraction of sp³-hybridized carbons (Fsp3) is 0.529. The van der Waals surface area contributed by atoms with E-state index in [9.17, 15) is 9.90 Å². The summed E-state index contributed by atoms with van der Waals surface area (Å²) in [6.45, 7) is 0.283. The fourth-order valence-electron chi connectivity index (χ4n) is 3.18. The summed E-state index contributed by atoms with van der Waals surface area (Å²) in [5.41, 5.74) is 0.342. The zero-order valence-corrected chi connectivity index (χ0v) is 15.3. The lowest BCUT2D eigenvalue weighted by atomic mass is 9.94. The van der Waals surface area contributed by atoms with Gasteiger partial charge >= 0.3 is 0 Å². The van der Waals surface area contributed by atoms with Crippen molar-refractivity contribution in [3.05, 3.63) is 28.2 Å². The highest BCUT2D eigenvalue weighted by Crippen LogP contribution is 2.32. The molecule has 24 heavy (non-hydrogen) atoms. The summed E-state index contributed by atoms with van der Waals surface area (Å²) in [6, 6.07) is 3.66. The smallest absolute Gasteiger partial charge is 0.255 e. The molecule has 0 bridgehead atoms. The number of nitrogens with zero attached hydrogens (tertiary/aromatic N) is 2. The maximum absolute atomic E-state index is 12.6. The third-order valence-corrected chi connectivity index (χ3v) is 5.73. The molecule has 2 heterocycles. The van der Waals surface area contributed by atoms with Crippen LogP contribution in [0.2, 0.25) is 4.34 Å². The van der Waals surface area contributed by atoms with E-state index in [2.05, 4.69) is 10.4 Å². The average molecular weight is 368 g/mol. The van der Waals surface area contributed by atoms with Crippen LogP contribution in [0.4, 0.5) is 0 Å². The van der Waals surface area contributed by atoms with E-state index in [-0.39, 0.29) is 12.5 Å². The molecule has 1 aliphatic rings. The summed E-state index contributed by atoms with van der Waals surface area (Å²) in [7, 11) is 1.79. The highest BCUT2D eigenvalue weighted by atomic mass is 35.5. The molecule has 0 spiro atoms. The Morgan fingerprint density at radius 1 is 1.38 bits per heavy atom. The van der Waals surface area contributed by atoms with Crippen LogP contribution in [0.5, 0.6) is 0 Å². The van der Waals surface area contributed by atoms with Gasteiger partial charge < -0.3 is 10.4 Å². The number of nitrogens with one attached hydrogen (secondary N) is 1. The Labute approximate surface area is 150 Å². The van der Waals surface area contributed by atoms with Gasteiger partial charge in [-0.1, -0.05) is 37.3 Å². The second-order valence-corrected chi connectivity index (χ2v) is 8.21. The SMILES string of the molecule is Cn1cc(C(=O)NCC2(O)CCCCCC2)c(-c2ccc(Cl)s2)n1. The number of aryl methyl sites for hydroxylation is 1. The average Bonchev–Trinajstić information content (AvgIpc) is 3.07. The number of amides is 1. The second-order valence-electron chi connectivity index (χ2n) is 6.49. The van der Waals surface area contributed by atoms with E-state index in [1.54, 1.807) is 24.0 Å². The van der Waals surface area contributed by atoms with Crippen molar-refractivity contribution in [2.45, 2.75) is 44.1 Å². The van der Waals surface area contributed by atoms with Crippen molar-refractivity contribution in [2.24, 2.45) is 7.05 Å². The van der Waals surface area contributed by atoms with Crippen LogP contribution in [0, 0.1) is 0 Å². The molecule has 0 unspecified atom stereocenters. The molecule has 5 nitrogen and oxygen atoms in total. The summed E-state index contributed by atoms with van der Waals surface area (Å²) in [4.78, 5) is 13.5. The Bertz CT molecular complexity index is 717. The lowest BCUT2D eigenvalue weighted by Gasteiger charge is -2.26. The van der Waals surface area contributed by atoms with Crippen molar-refractivity contribution in [3.63, 3.8) is 0 Å². The third-order valence-electron chi connectivity index (χ3n) is 4.49. The first-order valence-corrected chi connectivity index (χ1v) is 9.46. The zero-order valence-electron chi connectivity index (χ0n) is 13.7. The van der Waals surface area contributed by atoms with E-state index in [0.29, 0.717) is 15.6 Å². The molecule has 0 atom stereocenters. The first kappa shape index (κ1) is 17.5. The topological polar surface area (TPSA) is 67.2 Å². The molecule has 2 aromatic heterocycles. The van der Waals surface area contributed by atoms with Crippen molar-refractivity contribution in [2.75, 3.05) is 6.54 Å². The summed E-state index contributed by atoms with van der Waals surface area (Å²) >= 11 is 7.39. The maximum Gasteiger partial charge on any atom is 0.255 e. The van der Waals surface area contributed by atoms with E-state index < -0.39 is 5.60 Å². The van der Waals surface area contributed by atoms with Gasteiger partial charge in [0.2, 0.25) is 0 Å². The van der Waals surface area contributed by atoms with E-state index in [4.69, 9.17) is 11.6 Å². The van der Waals surface area contributed by atoms with Crippen molar-refractivity contribution in [1.29, 1.82) is 0 Å². The van der Waals surface area contributed by atoms with Crippen molar-refractivity contribution in [3.8, 4) is 10.6 Å². The number of rotatable bonds is 4. The Balaban J connectivity index is 1.73. The molecule has 1 amide bonds. The number of halogens is 1. The molecule has 2 N–H and O–H groups in total. The van der Waals surface area contributed by atoms with Gasteiger partial charge in [0, 0.05) is 19.8 Å². The summed E-state index contributed by atoms with van der Waals surface area (Å²) in [5, 5.41) is 18.0. The highest BCUT2D eigenvalue weighted by Gasteiger charge is 2.29. The van der Waals surface area contributed by atoms with Crippen LogP contribution in [0.15, 0.2) is 18.3 Å². The Hall–Kier alpha value is -1.37. The zero-order chi connectivity index (χ0) is 17.2. The van der Waals surface area contributed by atoms with Gasteiger partial charge in [0.05, 0.1) is 20.4 Å². The highest BCUT2D eigenvalue weighted by molar-refractivity contribution is 7.19. The van der Waals surface area contributed by atoms with Crippen molar-refractivity contribution in [1.82, 2.24) is 15.1 Å². The van der Waals surface area contributed by atoms with Gasteiger partial charge in [0.25, 0.3) is 5.91 Å². The maximum atomic E-state index is 12.6. The number of thiophene rings is 1. The minimum Gasteiger partial charge on any atom is -0.388 e. The van der Waals surface area contributed by atoms with Crippen molar-refractivity contribution >= 4 is 28.8 Å². The van der Waals surface area contributed by atoms with Crippen LogP contribution in [0.25, 0.3) is 10.6 Å². The van der Waals surface area contributed by atoms with Crippen LogP contribution < -0.4 is 5.32 Å². The lowest BCUT2D eigenvalue weighted by Crippen LogP contribution is -2.42. The quantitative estimate of drug-likeness (QED) is 0.811. The van der Waals surface area contributed by atoms with Crippen LogP contribution in [-0.2, 0) is 7.05 Å². The predicted molar refractivity (Wildman–Crippen MR) is 96.5 cm³/mol. The Morgan fingerprint density at radius 3 is 2.71 bits per heavy atom. The number of aromatic nitrogens is 2. The summed E-state index contributed by atoms with van der Waals surface area (Å²) < 4.78 is 2.29. The van der Waals surface area contributed by atoms with Crippen molar-refractivity contribution < 1.29 is 9.90 Å². The molecular formula is C17H22ClN3O2S. The van der Waals surface area contributed by atoms with Crippen LogP contribution in [-0.4, -0.2) is 32.9 Å². The number of hydrogen-bond acceptors (Lipinski definition) is 4. The van der Waals surface area contributed by atoms with Gasteiger partial charge in [0.15, 0.2) is 0 Å². The first-order chi connectivity index (χ1) is 11.5. The normalized spacial score (nSPS) is 17.5. The monoisotopic (exact) mass is 367 g/mol. The molecule has 1 fully saturated rings. The summed E-state index contributed by atoms with van der Waals surface area (Å²) in [5.74, 6) is -0.208. The fourth-order valence-corrected chi connectivity index (χ4v) is 4.22.